The van der Waals surface area contributed by atoms with Crippen molar-refractivity contribution in [2.75, 3.05) is 0 Å². The molecule has 0 fully saturated rings. The van der Waals surface area contributed by atoms with E-state index in [-0.39, 0.29) is 22.9 Å². The van der Waals surface area contributed by atoms with E-state index in [1.54, 1.807) is 0 Å². The first-order valence-electron chi connectivity index (χ1n) is 5.89. The summed E-state index contributed by atoms with van der Waals surface area (Å²) in [5, 5.41) is 28.5. The predicted octanol–water partition coefficient (Wildman–Crippen LogP) is 2.90. The van der Waals surface area contributed by atoms with Gasteiger partial charge in [-0.05, 0) is 24.3 Å². The Morgan fingerprint density at radius 1 is 0.773 bits per heavy atom. The number of nitrogens with one attached hydrogen (secondary N) is 1. The van der Waals surface area contributed by atoms with Gasteiger partial charge >= 0.3 is 6.08 Å². The zero-order valence-corrected chi connectivity index (χ0v) is 11.0. The number of ether oxygens (including phenoxy) is 2. The van der Waals surface area contributed by atoms with Crippen molar-refractivity contribution in [2.24, 2.45) is 0 Å². The smallest absolute Gasteiger partial charge is 0.391 e. The van der Waals surface area contributed by atoms with Gasteiger partial charge < -0.3 is 9.47 Å². The van der Waals surface area contributed by atoms with Crippen LogP contribution in [0, 0.1) is 25.6 Å². The van der Waals surface area contributed by atoms with Gasteiger partial charge in [0.05, 0.1) is 9.85 Å². The summed E-state index contributed by atoms with van der Waals surface area (Å²) < 4.78 is 10.1. The van der Waals surface area contributed by atoms with Crippen molar-refractivity contribution in [2.45, 2.75) is 0 Å². The molecule has 0 spiro atoms. The third-order valence-corrected chi connectivity index (χ3v) is 2.52. The lowest BCUT2D eigenvalue weighted by molar-refractivity contribution is -0.385. The highest BCUT2D eigenvalue weighted by atomic mass is 16.7. The van der Waals surface area contributed by atoms with E-state index in [0.717, 1.165) is 0 Å². The monoisotopic (exact) mass is 303 g/mol. The molecule has 0 heterocycles. The van der Waals surface area contributed by atoms with E-state index < -0.39 is 15.9 Å². The maximum Gasteiger partial charge on any atom is 0.391 e. The first-order valence-corrected chi connectivity index (χ1v) is 5.89. The number of nitro benzene ring substituents is 2. The second-order valence-corrected chi connectivity index (χ2v) is 3.99. The summed E-state index contributed by atoms with van der Waals surface area (Å²) in [6, 6.07) is 10.2. The number of hydrogen-bond acceptors (Lipinski definition) is 7. The minimum Gasteiger partial charge on any atom is -0.411 e. The minimum atomic E-state index is -0.567. The molecule has 0 atom stereocenters. The van der Waals surface area contributed by atoms with E-state index in [4.69, 9.17) is 14.9 Å². The van der Waals surface area contributed by atoms with E-state index in [9.17, 15) is 20.2 Å². The number of nitro groups is 2. The third kappa shape index (κ3) is 3.76. The van der Waals surface area contributed by atoms with Gasteiger partial charge in [0.15, 0.2) is 0 Å². The van der Waals surface area contributed by atoms with Crippen LogP contribution in [0.4, 0.5) is 11.4 Å². The van der Waals surface area contributed by atoms with Crippen LogP contribution in [0.25, 0.3) is 0 Å². The van der Waals surface area contributed by atoms with Crippen LogP contribution in [-0.2, 0) is 0 Å². The Bertz CT molecular complexity index is 650. The highest BCUT2D eigenvalue weighted by Gasteiger charge is 2.09. The Kier molecular flexibility index (Phi) is 4.27. The standard InChI is InChI=1S/C13H9N3O6/c14-13(21-11-5-1-9(2-6-11)15(17)18)22-12-7-3-10(4-8-12)16(19)20/h1-8,14H. The summed E-state index contributed by atoms with van der Waals surface area (Å²) in [6.07, 6.45) is -0.567. The van der Waals surface area contributed by atoms with Crippen LogP contribution in [-0.4, -0.2) is 15.9 Å². The van der Waals surface area contributed by atoms with E-state index in [1.807, 2.05) is 0 Å². The van der Waals surface area contributed by atoms with Crippen molar-refractivity contribution in [3.63, 3.8) is 0 Å². The average Bonchev–Trinajstić information content (AvgIpc) is 2.48. The zero-order chi connectivity index (χ0) is 16.1. The second kappa shape index (κ2) is 6.31. The summed E-state index contributed by atoms with van der Waals surface area (Å²) in [5.74, 6) is 0.384. The Morgan fingerprint density at radius 3 is 1.36 bits per heavy atom. The molecule has 0 saturated heterocycles. The fraction of sp³-hybridized carbons (Fsp3) is 0. The van der Waals surface area contributed by atoms with Crippen LogP contribution >= 0.6 is 0 Å². The molecule has 0 unspecified atom stereocenters. The molecule has 2 rings (SSSR count). The molecule has 0 aliphatic heterocycles. The van der Waals surface area contributed by atoms with E-state index in [0.29, 0.717) is 0 Å². The molecular weight excluding hydrogens is 294 g/mol. The van der Waals surface area contributed by atoms with Crippen LogP contribution in [0.15, 0.2) is 48.5 Å². The topological polar surface area (TPSA) is 129 Å². The largest absolute Gasteiger partial charge is 0.411 e. The molecule has 0 amide bonds. The van der Waals surface area contributed by atoms with Crippen molar-refractivity contribution < 1.29 is 19.3 Å². The summed E-state index contributed by atoms with van der Waals surface area (Å²) in [6.45, 7) is 0. The molecule has 22 heavy (non-hydrogen) atoms. The van der Waals surface area contributed by atoms with Gasteiger partial charge in [-0.1, -0.05) is 0 Å². The van der Waals surface area contributed by atoms with Gasteiger partial charge in [-0.25, -0.2) is 5.41 Å². The number of rotatable bonds is 4. The van der Waals surface area contributed by atoms with Crippen LogP contribution in [0.1, 0.15) is 0 Å². The molecule has 2 aromatic carbocycles. The highest BCUT2D eigenvalue weighted by Crippen LogP contribution is 2.20. The first kappa shape index (κ1) is 14.9. The lowest BCUT2D eigenvalue weighted by Crippen LogP contribution is -2.14. The predicted molar refractivity (Wildman–Crippen MR) is 75.2 cm³/mol. The second-order valence-electron chi connectivity index (χ2n) is 3.99. The van der Waals surface area contributed by atoms with E-state index in [1.165, 1.54) is 48.5 Å². The lowest BCUT2D eigenvalue weighted by atomic mass is 10.3. The van der Waals surface area contributed by atoms with Gasteiger partial charge in [0.25, 0.3) is 11.4 Å². The van der Waals surface area contributed by atoms with Crippen molar-refractivity contribution >= 4 is 17.5 Å². The fourth-order valence-electron chi connectivity index (χ4n) is 1.51. The molecule has 0 saturated carbocycles. The summed E-state index contributed by atoms with van der Waals surface area (Å²) >= 11 is 0. The summed E-state index contributed by atoms with van der Waals surface area (Å²) in [5.41, 5.74) is -0.203. The van der Waals surface area contributed by atoms with Crippen LogP contribution in [0.3, 0.4) is 0 Å². The molecule has 0 bridgehead atoms. The van der Waals surface area contributed by atoms with Gasteiger partial charge in [-0.2, -0.15) is 0 Å². The fourth-order valence-corrected chi connectivity index (χ4v) is 1.51. The SMILES string of the molecule is N=C(Oc1ccc([N+](=O)[O-])cc1)Oc1ccc([N+](=O)[O-])cc1. The van der Waals surface area contributed by atoms with Crippen LogP contribution < -0.4 is 9.47 Å². The number of nitrogens with zero attached hydrogens (tertiary/aromatic N) is 2. The molecule has 0 aliphatic rings. The van der Waals surface area contributed by atoms with E-state index in [2.05, 4.69) is 0 Å². The molecule has 0 aromatic heterocycles. The third-order valence-electron chi connectivity index (χ3n) is 2.52. The number of hydrogen-bond donors (Lipinski definition) is 1. The molecule has 9 heteroatoms. The van der Waals surface area contributed by atoms with Crippen molar-refractivity contribution in [3.05, 3.63) is 68.8 Å². The highest BCUT2D eigenvalue weighted by molar-refractivity contribution is 5.69. The lowest BCUT2D eigenvalue weighted by Gasteiger charge is -2.07. The van der Waals surface area contributed by atoms with E-state index >= 15 is 0 Å². The van der Waals surface area contributed by atoms with Gasteiger partial charge in [0, 0.05) is 24.3 Å². The van der Waals surface area contributed by atoms with Gasteiger partial charge in [0.1, 0.15) is 11.5 Å². The molecule has 112 valence electrons. The molecular formula is C13H9N3O6. The Labute approximate surface area is 123 Å². The molecule has 1 N–H and O–H groups in total. The summed E-state index contributed by atoms with van der Waals surface area (Å²) in [7, 11) is 0. The van der Waals surface area contributed by atoms with Crippen LogP contribution in [0.5, 0.6) is 11.5 Å². The quantitative estimate of drug-likeness (QED) is 0.400. The van der Waals surface area contributed by atoms with Crippen molar-refractivity contribution in [1.82, 2.24) is 0 Å². The van der Waals surface area contributed by atoms with Gasteiger partial charge in [-0.3, -0.25) is 20.2 Å². The average molecular weight is 303 g/mol. The van der Waals surface area contributed by atoms with Gasteiger partial charge in [0.2, 0.25) is 0 Å². The number of non-ortho nitro benzene ring substituents is 2. The molecule has 2 aromatic rings. The molecule has 0 aliphatic carbocycles. The molecule has 0 radical (unpaired) electrons. The minimum absolute atomic E-state index is 0.102. The normalized spacial score (nSPS) is 9.82. The maximum absolute atomic E-state index is 10.5. The summed E-state index contributed by atoms with van der Waals surface area (Å²) in [4.78, 5) is 19.9. The maximum atomic E-state index is 10.5. The van der Waals surface area contributed by atoms with Crippen LogP contribution in [0.2, 0.25) is 0 Å². The zero-order valence-electron chi connectivity index (χ0n) is 11.0. The Balaban J connectivity index is 1.97. The number of benzene rings is 2. The van der Waals surface area contributed by atoms with Crippen molar-refractivity contribution in [1.29, 1.82) is 5.41 Å². The van der Waals surface area contributed by atoms with Gasteiger partial charge in [-0.15, -0.1) is 0 Å². The molecule has 9 nitrogen and oxygen atoms in total. The Hall–Kier alpha value is -3.49. The first-order chi connectivity index (χ1) is 10.5. The van der Waals surface area contributed by atoms with Crippen molar-refractivity contribution in [3.8, 4) is 11.5 Å². The Morgan fingerprint density at radius 2 is 1.09 bits per heavy atom.